The molecule has 2 rings (SSSR count). The maximum Gasteiger partial charge on any atom is 0.119 e. The SMILES string of the molecule is CCOc1ccc(C(C)NCc2ccc(C)cc2C)cc1. The lowest BCUT2D eigenvalue weighted by atomic mass is 10.0. The average Bonchev–Trinajstić information content (AvgIpc) is 2.47. The van der Waals surface area contributed by atoms with Crippen molar-refractivity contribution in [1.82, 2.24) is 5.32 Å². The second-order valence-electron chi connectivity index (χ2n) is 5.53. The normalized spacial score (nSPS) is 12.2. The summed E-state index contributed by atoms with van der Waals surface area (Å²) < 4.78 is 5.48. The molecule has 0 heterocycles. The standard InChI is InChI=1S/C19H25NO/c1-5-21-19-10-8-17(9-11-19)16(4)20-13-18-7-6-14(2)12-15(18)3/h6-12,16,20H,5,13H2,1-4H3. The van der Waals surface area contributed by atoms with E-state index < -0.39 is 0 Å². The van der Waals surface area contributed by atoms with Crippen LogP contribution in [0.15, 0.2) is 42.5 Å². The second-order valence-corrected chi connectivity index (χ2v) is 5.53. The van der Waals surface area contributed by atoms with Crippen molar-refractivity contribution in [2.24, 2.45) is 0 Å². The highest BCUT2D eigenvalue weighted by Crippen LogP contribution is 2.18. The van der Waals surface area contributed by atoms with Gasteiger partial charge in [0.25, 0.3) is 0 Å². The summed E-state index contributed by atoms with van der Waals surface area (Å²) in [5.74, 6) is 0.933. The van der Waals surface area contributed by atoms with Gasteiger partial charge in [-0.1, -0.05) is 35.9 Å². The largest absolute Gasteiger partial charge is 0.494 e. The molecule has 2 aromatic rings. The van der Waals surface area contributed by atoms with Gasteiger partial charge in [-0.05, 0) is 56.5 Å². The van der Waals surface area contributed by atoms with Crippen molar-refractivity contribution in [1.29, 1.82) is 0 Å². The summed E-state index contributed by atoms with van der Waals surface area (Å²) in [5, 5.41) is 3.59. The highest BCUT2D eigenvalue weighted by Gasteiger charge is 2.06. The number of hydrogen-bond donors (Lipinski definition) is 1. The lowest BCUT2D eigenvalue weighted by Crippen LogP contribution is -2.18. The van der Waals surface area contributed by atoms with Gasteiger partial charge in [0.2, 0.25) is 0 Å². The number of nitrogens with one attached hydrogen (secondary N) is 1. The van der Waals surface area contributed by atoms with Gasteiger partial charge in [0, 0.05) is 12.6 Å². The highest BCUT2D eigenvalue weighted by molar-refractivity contribution is 5.31. The molecule has 0 saturated heterocycles. The summed E-state index contributed by atoms with van der Waals surface area (Å²) in [5.41, 5.74) is 5.30. The van der Waals surface area contributed by atoms with E-state index >= 15 is 0 Å². The Morgan fingerprint density at radius 3 is 2.38 bits per heavy atom. The van der Waals surface area contributed by atoms with Gasteiger partial charge in [0.1, 0.15) is 5.75 Å². The van der Waals surface area contributed by atoms with Crippen LogP contribution in [0.2, 0.25) is 0 Å². The fourth-order valence-corrected chi connectivity index (χ4v) is 2.44. The van der Waals surface area contributed by atoms with Crippen molar-refractivity contribution in [3.05, 3.63) is 64.7 Å². The van der Waals surface area contributed by atoms with Gasteiger partial charge in [-0.3, -0.25) is 0 Å². The van der Waals surface area contributed by atoms with Crippen molar-refractivity contribution in [3.63, 3.8) is 0 Å². The zero-order valence-electron chi connectivity index (χ0n) is 13.4. The van der Waals surface area contributed by atoms with Crippen molar-refractivity contribution in [3.8, 4) is 5.75 Å². The summed E-state index contributed by atoms with van der Waals surface area (Å²) in [6.07, 6.45) is 0. The van der Waals surface area contributed by atoms with Crippen molar-refractivity contribution in [2.45, 2.75) is 40.3 Å². The molecule has 1 N–H and O–H groups in total. The monoisotopic (exact) mass is 283 g/mol. The molecular formula is C19H25NO. The molecule has 0 radical (unpaired) electrons. The van der Waals surface area contributed by atoms with E-state index in [0.717, 1.165) is 12.3 Å². The fourth-order valence-electron chi connectivity index (χ4n) is 2.44. The molecule has 0 spiro atoms. The fraction of sp³-hybridized carbons (Fsp3) is 0.368. The zero-order chi connectivity index (χ0) is 15.2. The molecule has 0 bridgehead atoms. The van der Waals surface area contributed by atoms with Crippen LogP contribution in [0, 0.1) is 13.8 Å². The van der Waals surface area contributed by atoms with E-state index in [1.807, 2.05) is 19.1 Å². The van der Waals surface area contributed by atoms with Crippen LogP contribution in [-0.4, -0.2) is 6.61 Å². The predicted molar refractivity (Wildman–Crippen MR) is 88.8 cm³/mol. The van der Waals surface area contributed by atoms with Crippen molar-refractivity contribution >= 4 is 0 Å². The summed E-state index contributed by atoms with van der Waals surface area (Å²) in [4.78, 5) is 0. The average molecular weight is 283 g/mol. The number of ether oxygens (including phenoxy) is 1. The van der Waals surface area contributed by atoms with E-state index in [0.29, 0.717) is 12.6 Å². The minimum absolute atomic E-state index is 0.321. The molecule has 2 nitrogen and oxygen atoms in total. The topological polar surface area (TPSA) is 21.3 Å². The molecule has 0 fully saturated rings. The molecule has 1 unspecified atom stereocenters. The Bertz CT molecular complexity index is 575. The molecule has 0 aliphatic rings. The molecule has 2 aromatic carbocycles. The summed E-state index contributed by atoms with van der Waals surface area (Å²) in [6.45, 7) is 10.1. The first-order valence-corrected chi connectivity index (χ1v) is 7.62. The van der Waals surface area contributed by atoms with Crippen LogP contribution in [-0.2, 0) is 6.54 Å². The molecule has 112 valence electrons. The Kier molecular flexibility index (Phi) is 5.40. The number of rotatable bonds is 6. The van der Waals surface area contributed by atoms with E-state index in [2.05, 4.69) is 56.4 Å². The number of benzene rings is 2. The van der Waals surface area contributed by atoms with E-state index in [1.165, 1.54) is 22.3 Å². The number of hydrogen-bond acceptors (Lipinski definition) is 2. The summed E-state index contributed by atoms with van der Waals surface area (Å²) in [7, 11) is 0. The second kappa shape index (κ2) is 7.28. The first kappa shape index (κ1) is 15.6. The Balaban J connectivity index is 1.96. The van der Waals surface area contributed by atoms with Gasteiger partial charge in [-0.15, -0.1) is 0 Å². The first-order chi connectivity index (χ1) is 10.1. The third kappa shape index (κ3) is 4.33. The van der Waals surface area contributed by atoms with Crippen LogP contribution in [0.1, 0.15) is 42.1 Å². The molecular weight excluding hydrogens is 258 g/mol. The van der Waals surface area contributed by atoms with Crippen molar-refractivity contribution in [2.75, 3.05) is 6.61 Å². The Labute approximate surface area is 128 Å². The quantitative estimate of drug-likeness (QED) is 0.839. The maximum absolute atomic E-state index is 5.48. The van der Waals surface area contributed by atoms with Gasteiger partial charge in [-0.25, -0.2) is 0 Å². The molecule has 0 aliphatic heterocycles. The van der Waals surface area contributed by atoms with Gasteiger partial charge in [0.05, 0.1) is 6.61 Å². The summed E-state index contributed by atoms with van der Waals surface area (Å²) >= 11 is 0. The lowest BCUT2D eigenvalue weighted by molar-refractivity contribution is 0.340. The highest BCUT2D eigenvalue weighted by atomic mass is 16.5. The molecule has 0 saturated carbocycles. The Morgan fingerprint density at radius 2 is 1.76 bits per heavy atom. The third-order valence-corrected chi connectivity index (χ3v) is 3.79. The molecule has 2 heteroatoms. The van der Waals surface area contributed by atoms with E-state index in [4.69, 9.17) is 4.74 Å². The Hall–Kier alpha value is -1.80. The van der Waals surface area contributed by atoms with Gasteiger partial charge in [-0.2, -0.15) is 0 Å². The van der Waals surface area contributed by atoms with Crippen LogP contribution in [0.4, 0.5) is 0 Å². The molecule has 0 aromatic heterocycles. The predicted octanol–water partition coefficient (Wildman–Crippen LogP) is 4.55. The molecule has 1 atom stereocenters. The van der Waals surface area contributed by atoms with Crippen LogP contribution in [0.25, 0.3) is 0 Å². The summed E-state index contributed by atoms with van der Waals surface area (Å²) in [6, 6.07) is 15.3. The minimum atomic E-state index is 0.321. The van der Waals surface area contributed by atoms with Crippen LogP contribution in [0.5, 0.6) is 5.75 Å². The zero-order valence-corrected chi connectivity index (χ0v) is 13.4. The third-order valence-electron chi connectivity index (χ3n) is 3.79. The minimum Gasteiger partial charge on any atom is -0.494 e. The first-order valence-electron chi connectivity index (χ1n) is 7.62. The van der Waals surface area contributed by atoms with Gasteiger partial charge < -0.3 is 10.1 Å². The molecule has 0 amide bonds. The van der Waals surface area contributed by atoms with E-state index in [9.17, 15) is 0 Å². The van der Waals surface area contributed by atoms with Gasteiger partial charge in [0.15, 0.2) is 0 Å². The molecule has 21 heavy (non-hydrogen) atoms. The van der Waals surface area contributed by atoms with Crippen molar-refractivity contribution < 1.29 is 4.74 Å². The Morgan fingerprint density at radius 1 is 1.05 bits per heavy atom. The van der Waals surface area contributed by atoms with E-state index in [1.54, 1.807) is 0 Å². The van der Waals surface area contributed by atoms with Crippen LogP contribution >= 0.6 is 0 Å². The van der Waals surface area contributed by atoms with E-state index in [-0.39, 0.29) is 0 Å². The van der Waals surface area contributed by atoms with Crippen LogP contribution in [0.3, 0.4) is 0 Å². The smallest absolute Gasteiger partial charge is 0.119 e. The maximum atomic E-state index is 5.48. The van der Waals surface area contributed by atoms with Gasteiger partial charge >= 0.3 is 0 Å². The molecule has 0 aliphatic carbocycles. The lowest BCUT2D eigenvalue weighted by Gasteiger charge is -2.16. The number of aryl methyl sites for hydroxylation is 2. The van der Waals surface area contributed by atoms with Crippen LogP contribution < -0.4 is 10.1 Å².